The number of rotatable bonds is 12. The first kappa shape index (κ1) is 57.6. The molecule has 0 aromatic heterocycles. The van der Waals surface area contributed by atoms with Crippen molar-refractivity contribution in [2.75, 3.05) is 0 Å². The van der Waals surface area contributed by atoms with Gasteiger partial charge in [0.15, 0.2) is 0 Å². The summed E-state index contributed by atoms with van der Waals surface area (Å²) >= 11 is 0.634. The Bertz CT molecular complexity index is 1040. The monoisotopic (exact) mass is 1100 g/mol. The normalized spacial score (nSPS) is 15.5. The standard InChI is InChI=1S/C12H11F14I.C9H11F7.C3F7I/c13-7(9(15,16)17,10(18,19)20)4-2-1-3-6(27)5-8(14,11(21,22)23)12(24,25)26;1-2-3-4-5-6-7(10,8(11,12)13)9(14,15)16;4-1(11,2(5,6)7)3(8,9)10/h6H,1-5H2;2H,1,3-6H2;. The fourth-order valence-corrected chi connectivity index (χ4v) is 4.29. The van der Waals surface area contributed by atoms with Crippen LogP contribution in [-0.2, 0) is 0 Å². The molecule has 0 fully saturated rings. The molecule has 0 saturated carbocycles. The molecule has 0 nitrogen and oxygen atoms in total. The quantitative estimate of drug-likeness (QED) is 0.0601. The third-order valence-electron chi connectivity index (χ3n) is 6.38. The van der Waals surface area contributed by atoms with Crippen molar-refractivity contribution in [3.8, 4) is 0 Å². The molecule has 0 aromatic carbocycles. The Labute approximate surface area is 312 Å². The number of unbranched alkanes of at least 4 members (excludes halogenated alkanes) is 3. The zero-order chi connectivity index (χ0) is 44.6. The van der Waals surface area contributed by atoms with Gasteiger partial charge in [-0.25, -0.2) is 17.6 Å². The minimum Gasteiger partial charge on any atom is -0.224 e. The highest BCUT2D eigenvalue weighted by molar-refractivity contribution is 14.1. The van der Waals surface area contributed by atoms with E-state index in [0.717, 1.165) is 22.6 Å². The van der Waals surface area contributed by atoms with Crippen LogP contribution in [0.2, 0.25) is 0 Å². The smallest absolute Gasteiger partial charge is 0.224 e. The molecular weight excluding hydrogens is 1070 g/mol. The molecule has 30 heteroatoms. The molecule has 0 spiro atoms. The Morgan fingerprint density at radius 2 is 0.648 bits per heavy atom. The van der Waals surface area contributed by atoms with E-state index in [9.17, 15) is 123 Å². The van der Waals surface area contributed by atoms with E-state index in [-0.39, 0.29) is 35.4 Å². The Kier molecular flexibility index (Phi) is 20.6. The highest BCUT2D eigenvalue weighted by Gasteiger charge is 2.74. The van der Waals surface area contributed by atoms with E-state index in [4.69, 9.17) is 0 Å². The summed E-state index contributed by atoms with van der Waals surface area (Å²) in [5.74, 6) is 0. The second-order valence-corrected chi connectivity index (χ2v) is 13.8. The maximum atomic E-state index is 13.5. The van der Waals surface area contributed by atoms with Crippen LogP contribution in [0.3, 0.4) is 0 Å². The lowest BCUT2D eigenvalue weighted by Crippen LogP contribution is -2.54. The van der Waals surface area contributed by atoms with Gasteiger partial charge in [0.05, 0.1) is 0 Å². The fraction of sp³-hybridized carbons (Fsp3) is 0.917. The number of allylic oxidation sites excluding steroid dienone is 1. The van der Waals surface area contributed by atoms with Gasteiger partial charge in [0.25, 0.3) is 17.0 Å². The first-order chi connectivity index (χ1) is 23.2. The summed E-state index contributed by atoms with van der Waals surface area (Å²) in [5.41, 5.74) is -16.3. The average Bonchev–Trinajstić information content (AvgIpc) is 2.89. The number of halogens is 30. The maximum absolute atomic E-state index is 13.5. The van der Waals surface area contributed by atoms with Crippen molar-refractivity contribution >= 4 is 45.2 Å². The highest BCUT2D eigenvalue weighted by atomic mass is 127. The Balaban J connectivity index is -0.000000811. The molecule has 0 radical (unpaired) electrons. The van der Waals surface area contributed by atoms with Crippen LogP contribution in [0.5, 0.6) is 0 Å². The van der Waals surface area contributed by atoms with E-state index in [0.29, 0.717) is 0 Å². The minimum atomic E-state index is -6.32. The van der Waals surface area contributed by atoms with Gasteiger partial charge < -0.3 is 0 Å². The van der Waals surface area contributed by atoms with Crippen LogP contribution in [-0.4, -0.2) is 74.0 Å². The molecule has 0 heterocycles. The molecule has 0 aliphatic rings. The van der Waals surface area contributed by atoms with Gasteiger partial charge in [0, 0.05) is 10.3 Å². The lowest BCUT2D eigenvalue weighted by Gasteiger charge is -2.32. The molecule has 0 aliphatic heterocycles. The van der Waals surface area contributed by atoms with Gasteiger partial charge in [0.1, 0.15) is 0 Å². The largest absolute Gasteiger partial charge is 0.441 e. The van der Waals surface area contributed by atoms with Crippen LogP contribution >= 0.6 is 45.2 Å². The Morgan fingerprint density at radius 3 is 0.852 bits per heavy atom. The summed E-state index contributed by atoms with van der Waals surface area (Å²) in [7, 11) is 0. The summed E-state index contributed by atoms with van der Waals surface area (Å²) < 4.78 is 332. The molecule has 0 aliphatic carbocycles. The van der Waals surface area contributed by atoms with Crippen LogP contribution in [0.4, 0.5) is 123 Å². The van der Waals surface area contributed by atoms with Crippen molar-refractivity contribution in [1.29, 1.82) is 0 Å². The van der Waals surface area contributed by atoms with Crippen molar-refractivity contribution in [1.82, 2.24) is 0 Å². The minimum absolute atomic E-state index is 0.0430. The first-order valence-electron chi connectivity index (χ1n) is 13.4. The molecule has 0 amide bonds. The Hall–Kier alpha value is -0.760. The van der Waals surface area contributed by atoms with Crippen LogP contribution in [0.25, 0.3) is 0 Å². The summed E-state index contributed by atoms with van der Waals surface area (Å²) in [6.07, 6.45) is -56.4. The van der Waals surface area contributed by atoms with Gasteiger partial charge in [-0.1, -0.05) is 35.1 Å². The van der Waals surface area contributed by atoms with Crippen molar-refractivity contribution < 1.29 is 123 Å². The van der Waals surface area contributed by atoms with Gasteiger partial charge in [-0.05, 0) is 67.5 Å². The lowest BCUT2D eigenvalue weighted by atomic mass is 9.93. The van der Waals surface area contributed by atoms with E-state index < -0.39 is 119 Å². The predicted octanol–water partition coefficient (Wildman–Crippen LogP) is 15.2. The van der Waals surface area contributed by atoms with Gasteiger partial charge in [0.2, 0.25) is 0 Å². The van der Waals surface area contributed by atoms with Crippen molar-refractivity contribution in [2.24, 2.45) is 0 Å². The second-order valence-electron chi connectivity index (χ2n) is 10.5. The topological polar surface area (TPSA) is 0 Å². The Morgan fingerprint density at radius 1 is 0.389 bits per heavy atom. The van der Waals surface area contributed by atoms with Gasteiger partial charge >= 0.3 is 53.1 Å². The van der Waals surface area contributed by atoms with Crippen LogP contribution in [0.1, 0.15) is 57.8 Å². The summed E-state index contributed by atoms with van der Waals surface area (Å²) in [6, 6.07) is 0. The number of hydrogen-bond acceptors (Lipinski definition) is 0. The molecule has 54 heavy (non-hydrogen) atoms. The molecule has 328 valence electrons. The van der Waals surface area contributed by atoms with Crippen molar-refractivity contribution in [3.05, 3.63) is 12.7 Å². The predicted molar refractivity (Wildman–Crippen MR) is 147 cm³/mol. The third-order valence-corrected chi connectivity index (χ3v) is 8.67. The number of alkyl halides is 30. The molecular formula is C24H22F28I2. The maximum Gasteiger partial charge on any atom is 0.441 e. The highest BCUT2D eigenvalue weighted by Crippen LogP contribution is 2.53. The molecule has 0 bridgehead atoms. The van der Waals surface area contributed by atoms with Crippen LogP contribution in [0.15, 0.2) is 12.7 Å². The van der Waals surface area contributed by atoms with E-state index in [2.05, 4.69) is 6.58 Å². The van der Waals surface area contributed by atoms with E-state index in [1.54, 1.807) is 0 Å². The molecule has 0 rings (SSSR count). The molecule has 0 saturated heterocycles. The van der Waals surface area contributed by atoms with E-state index >= 15 is 0 Å². The molecule has 1 atom stereocenters. The molecule has 0 aromatic rings. The zero-order valence-electron chi connectivity index (χ0n) is 25.6. The average molecular weight is 1100 g/mol. The van der Waals surface area contributed by atoms with Gasteiger partial charge in [-0.15, -0.1) is 6.58 Å². The summed E-state index contributed by atoms with van der Waals surface area (Å²) in [5, 5.41) is 0. The zero-order valence-corrected chi connectivity index (χ0v) is 29.9. The van der Waals surface area contributed by atoms with Crippen molar-refractivity contribution in [2.45, 2.75) is 132 Å². The van der Waals surface area contributed by atoms with E-state index in [1.165, 1.54) is 6.08 Å². The lowest BCUT2D eigenvalue weighted by molar-refractivity contribution is -0.344. The third kappa shape index (κ3) is 15.5. The number of hydrogen-bond donors (Lipinski definition) is 0. The summed E-state index contributed by atoms with van der Waals surface area (Å²) in [4.78, 5) is 0. The second kappa shape index (κ2) is 19.3. The van der Waals surface area contributed by atoms with Crippen LogP contribution < -0.4 is 0 Å². The SMILES string of the molecule is C=CCCCCC(F)(C(F)(F)F)C(F)(F)F.FC(F)(F)C(F)(CCCCC(I)CC(F)(C(F)(F)F)C(F)(F)F)C(F)(F)F.FC(F)(F)C(F)(I)C(F)(F)F. The first-order valence-corrected chi connectivity index (χ1v) is 15.7. The van der Waals surface area contributed by atoms with Crippen LogP contribution in [0, 0.1) is 0 Å². The molecule has 0 N–H and O–H groups in total. The molecule has 1 unspecified atom stereocenters. The fourth-order valence-electron chi connectivity index (χ4n) is 3.24. The van der Waals surface area contributed by atoms with Gasteiger partial charge in [-0.3, -0.25) is 0 Å². The van der Waals surface area contributed by atoms with E-state index in [1.807, 2.05) is 0 Å². The van der Waals surface area contributed by atoms with Gasteiger partial charge in [-0.2, -0.15) is 105 Å². The summed E-state index contributed by atoms with van der Waals surface area (Å²) in [6.45, 7) is 3.25. The van der Waals surface area contributed by atoms with Crippen molar-refractivity contribution in [3.63, 3.8) is 0 Å².